The molecule has 0 amide bonds. The SMILES string of the molecule is CC.CCOc1nc(NCCO)nc(Nc2ccc(C)cc2)n1. The Labute approximate surface area is 137 Å². The van der Waals surface area contributed by atoms with Crippen LogP contribution in [0, 0.1) is 6.92 Å². The summed E-state index contributed by atoms with van der Waals surface area (Å²) in [5.74, 6) is 0.745. The molecule has 0 saturated heterocycles. The Morgan fingerprint density at radius 2 is 1.70 bits per heavy atom. The molecule has 0 aliphatic rings. The van der Waals surface area contributed by atoms with Gasteiger partial charge in [0, 0.05) is 12.2 Å². The predicted octanol–water partition coefficient (Wildman–Crippen LogP) is 2.75. The summed E-state index contributed by atoms with van der Waals surface area (Å²) >= 11 is 0. The number of hydrogen-bond acceptors (Lipinski definition) is 7. The van der Waals surface area contributed by atoms with Crippen LogP contribution in [0.1, 0.15) is 26.3 Å². The zero-order valence-electron chi connectivity index (χ0n) is 14.1. The van der Waals surface area contributed by atoms with Gasteiger partial charge in [0.05, 0.1) is 13.2 Å². The van der Waals surface area contributed by atoms with E-state index in [1.165, 1.54) is 5.56 Å². The fourth-order valence-corrected chi connectivity index (χ4v) is 1.62. The van der Waals surface area contributed by atoms with E-state index in [0.29, 0.717) is 25.0 Å². The van der Waals surface area contributed by atoms with Crippen LogP contribution in [-0.4, -0.2) is 39.8 Å². The largest absolute Gasteiger partial charge is 0.464 e. The van der Waals surface area contributed by atoms with Crippen LogP contribution in [0.15, 0.2) is 24.3 Å². The molecule has 0 atom stereocenters. The van der Waals surface area contributed by atoms with Crippen LogP contribution in [0.25, 0.3) is 0 Å². The van der Waals surface area contributed by atoms with Gasteiger partial charge in [-0.05, 0) is 26.0 Å². The number of rotatable bonds is 7. The van der Waals surface area contributed by atoms with Crippen molar-refractivity contribution in [2.24, 2.45) is 0 Å². The predicted molar refractivity (Wildman–Crippen MR) is 92.4 cm³/mol. The number of aromatic nitrogens is 3. The van der Waals surface area contributed by atoms with Crippen LogP contribution in [-0.2, 0) is 0 Å². The zero-order valence-corrected chi connectivity index (χ0v) is 14.1. The van der Waals surface area contributed by atoms with Gasteiger partial charge in [0.1, 0.15) is 0 Å². The Morgan fingerprint density at radius 3 is 2.30 bits per heavy atom. The molecular formula is C16H25N5O2. The number of aliphatic hydroxyl groups is 1. The summed E-state index contributed by atoms with van der Waals surface area (Å²) in [4.78, 5) is 12.5. The summed E-state index contributed by atoms with van der Waals surface area (Å²) in [5.41, 5.74) is 2.05. The Kier molecular flexibility index (Phi) is 8.38. The van der Waals surface area contributed by atoms with Gasteiger partial charge in [0.2, 0.25) is 11.9 Å². The van der Waals surface area contributed by atoms with Gasteiger partial charge < -0.3 is 20.5 Å². The molecule has 0 unspecified atom stereocenters. The van der Waals surface area contributed by atoms with Crippen molar-refractivity contribution in [3.05, 3.63) is 29.8 Å². The summed E-state index contributed by atoms with van der Waals surface area (Å²) in [6.07, 6.45) is 0. The molecule has 0 fully saturated rings. The average Bonchev–Trinajstić information content (AvgIpc) is 2.57. The Hall–Kier alpha value is -2.41. The van der Waals surface area contributed by atoms with Crippen molar-refractivity contribution in [3.63, 3.8) is 0 Å². The van der Waals surface area contributed by atoms with Crippen molar-refractivity contribution in [2.75, 3.05) is 30.4 Å². The molecule has 2 rings (SSSR count). The summed E-state index contributed by atoms with van der Waals surface area (Å²) in [6, 6.07) is 8.12. The molecule has 0 spiro atoms. The van der Waals surface area contributed by atoms with E-state index in [1.807, 2.05) is 52.0 Å². The van der Waals surface area contributed by atoms with Crippen LogP contribution < -0.4 is 15.4 Å². The minimum Gasteiger partial charge on any atom is -0.464 e. The molecule has 2 aromatic rings. The highest BCUT2D eigenvalue weighted by Crippen LogP contribution is 2.17. The molecule has 1 aromatic carbocycles. The number of aliphatic hydroxyl groups excluding tert-OH is 1. The van der Waals surface area contributed by atoms with E-state index in [1.54, 1.807) is 0 Å². The average molecular weight is 319 g/mol. The van der Waals surface area contributed by atoms with Gasteiger partial charge in [-0.3, -0.25) is 0 Å². The number of hydrogen-bond donors (Lipinski definition) is 3. The van der Waals surface area contributed by atoms with Crippen LogP contribution >= 0.6 is 0 Å². The number of aryl methyl sites for hydroxylation is 1. The van der Waals surface area contributed by atoms with E-state index in [4.69, 9.17) is 9.84 Å². The van der Waals surface area contributed by atoms with Crippen LogP contribution in [0.4, 0.5) is 17.6 Å². The van der Waals surface area contributed by atoms with Crippen molar-refractivity contribution in [3.8, 4) is 6.01 Å². The lowest BCUT2D eigenvalue weighted by Crippen LogP contribution is -2.12. The third-order valence-corrected chi connectivity index (χ3v) is 2.59. The number of benzene rings is 1. The van der Waals surface area contributed by atoms with Gasteiger partial charge in [0.15, 0.2) is 0 Å². The smallest absolute Gasteiger partial charge is 0.323 e. The number of anilines is 3. The first-order valence-corrected chi connectivity index (χ1v) is 7.78. The Balaban J connectivity index is 0.00000127. The second kappa shape index (κ2) is 10.3. The Bertz CT molecular complexity index is 575. The minimum absolute atomic E-state index is 0.00360. The summed E-state index contributed by atoms with van der Waals surface area (Å²) < 4.78 is 5.32. The maximum atomic E-state index is 8.85. The highest BCUT2D eigenvalue weighted by Gasteiger charge is 2.07. The molecular weight excluding hydrogens is 294 g/mol. The molecule has 7 heteroatoms. The van der Waals surface area contributed by atoms with E-state index < -0.39 is 0 Å². The molecule has 0 bridgehead atoms. The minimum atomic E-state index is -0.00360. The van der Waals surface area contributed by atoms with Gasteiger partial charge in [-0.1, -0.05) is 31.5 Å². The lowest BCUT2D eigenvalue weighted by Gasteiger charge is -2.09. The summed E-state index contributed by atoms with van der Waals surface area (Å²) in [6.45, 7) is 8.71. The number of nitrogens with zero attached hydrogens (tertiary/aromatic N) is 3. The van der Waals surface area contributed by atoms with E-state index in [0.717, 1.165) is 5.69 Å². The molecule has 23 heavy (non-hydrogen) atoms. The topological polar surface area (TPSA) is 92.2 Å². The van der Waals surface area contributed by atoms with Crippen LogP contribution in [0.3, 0.4) is 0 Å². The molecule has 3 N–H and O–H groups in total. The molecule has 0 saturated carbocycles. The van der Waals surface area contributed by atoms with E-state index >= 15 is 0 Å². The highest BCUT2D eigenvalue weighted by atomic mass is 16.5. The lowest BCUT2D eigenvalue weighted by molar-refractivity contribution is 0.307. The molecule has 126 valence electrons. The fourth-order valence-electron chi connectivity index (χ4n) is 1.62. The molecule has 0 radical (unpaired) electrons. The molecule has 1 aromatic heterocycles. The fraction of sp³-hybridized carbons (Fsp3) is 0.438. The second-order valence-corrected chi connectivity index (χ2v) is 4.34. The standard InChI is InChI=1S/C14H19N5O2.C2H6/c1-3-21-14-18-12(15-8-9-20)17-13(19-14)16-11-6-4-10(2)5-7-11;1-2/h4-7,20H,3,8-9H2,1-2H3,(H2,15,16,17,18,19);1-2H3. The third kappa shape index (κ3) is 6.48. The van der Waals surface area contributed by atoms with Crippen LogP contribution in [0.2, 0.25) is 0 Å². The normalized spacial score (nSPS) is 9.61. The van der Waals surface area contributed by atoms with Gasteiger partial charge in [0.25, 0.3) is 0 Å². The summed E-state index contributed by atoms with van der Waals surface area (Å²) in [7, 11) is 0. The van der Waals surface area contributed by atoms with Crippen molar-refractivity contribution >= 4 is 17.6 Å². The number of ether oxygens (including phenoxy) is 1. The third-order valence-electron chi connectivity index (χ3n) is 2.59. The monoisotopic (exact) mass is 319 g/mol. The first-order valence-electron chi connectivity index (χ1n) is 7.78. The van der Waals surface area contributed by atoms with Crippen molar-refractivity contribution < 1.29 is 9.84 Å². The molecule has 1 heterocycles. The maximum absolute atomic E-state index is 8.85. The van der Waals surface area contributed by atoms with Crippen LogP contribution in [0.5, 0.6) is 6.01 Å². The quantitative estimate of drug-likeness (QED) is 0.722. The maximum Gasteiger partial charge on any atom is 0.323 e. The molecule has 7 nitrogen and oxygen atoms in total. The van der Waals surface area contributed by atoms with Gasteiger partial charge in [-0.25, -0.2) is 0 Å². The van der Waals surface area contributed by atoms with E-state index in [9.17, 15) is 0 Å². The summed E-state index contributed by atoms with van der Waals surface area (Å²) in [5, 5.41) is 14.8. The second-order valence-electron chi connectivity index (χ2n) is 4.34. The molecule has 0 aliphatic heterocycles. The lowest BCUT2D eigenvalue weighted by atomic mass is 10.2. The first-order chi connectivity index (χ1) is 11.2. The first kappa shape index (κ1) is 18.6. The number of nitrogens with one attached hydrogen (secondary N) is 2. The highest BCUT2D eigenvalue weighted by molar-refractivity contribution is 5.54. The van der Waals surface area contributed by atoms with Gasteiger partial charge in [-0.15, -0.1) is 0 Å². The van der Waals surface area contributed by atoms with Crippen molar-refractivity contribution in [1.82, 2.24) is 15.0 Å². The zero-order chi connectivity index (χ0) is 17.1. The van der Waals surface area contributed by atoms with Gasteiger partial charge >= 0.3 is 6.01 Å². The van der Waals surface area contributed by atoms with Crippen molar-refractivity contribution in [2.45, 2.75) is 27.7 Å². The van der Waals surface area contributed by atoms with E-state index in [2.05, 4.69) is 25.6 Å². The molecule has 0 aliphatic carbocycles. The van der Waals surface area contributed by atoms with Gasteiger partial charge in [-0.2, -0.15) is 15.0 Å². The Morgan fingerprint density at radius 1 is 1.04 bits per heavy atom. The van der Waals surface area contributed by atoms with E-state index in [-0.39, 0.29) is 12.6 Å². The van der Waals surface area contributed by atoms with Crippen molar-refractivity contribution in [1.29, 1.82) is 0 Å².